The number of nitrogens with zero attached hydrogens (tertiary/aromatic N) is 3. The van der Waals surface area contributed by atoms with Gasteiger partial charge in [0.25, 0.3) is 0 Å². The summed E-state index contributed by atoms with van der Waals surface area (Å²) < 4.78 is 1.94. The van der Waals surface area contributed by atoms with E-state index in [0.717, 1.165) is 38.6 Å². The van der Waals surface area contributed by atoms with Crippen LogP contribution < -0.4 is 5.32 Å². The van der Waals surface area contributed by atoms with Crippen molar-refractivity contribution in [2.45, 2.75) is 20.4 Å². The summed E-state index contributed by atoms with van der Waals surface area (Å²) in [5.41, 5.74) is 4.09. The Hall–Kier alpha value is -2.53. The maximum Gasteiger partial charge on any atom is 0.241 e. The molecule has 0 aliphatic rings. The summed E-state index contributed by atoms with van der Waals surface area (Å²) in [7, 11) is 3.52. The Morgan fingerprint density at radius 2 is 1.92 bits per heavy atom. The van der Waals surface area contributed by atoms with Gasteiger partial charge in [0.15, 0.2) is 0 Å². The molecule has 5 nitrogen and oxygen atoms in total. The number of rotatable bonds is 4. The van der Waals surface area contributed by atoms with Gasteiger partial charge in [-0.2, -0.15) is 0 Å². The topological polar surface area (TPSA) is 50.2 Å². The Balaban J connectivity index is 1.99. The maximum atomic E-state index is 12.0. The zero-order valence-corrected chi connectivity index (χ0v) is 15.6. The number of pyridine rings is 1. The van der Waals surface area contributed by atoms with Crippen LogP contribution in [0.3, 0.4) is 0 Å². The number of hydrogen-bond acceptors (Lipinski definition) is 3. The van der Waals surface area contributed by atoms with Crippen molar-refractivity contribution in [2.24, 2.45) is 0 Å². The third-order valence-corrected chi connectivity index (χ3v) is 4.46. The minimum absolute atomic E-state index is 0.0493. The molecule has 0 bridgehead atoms. The van der Waals surface area contributed by atoms with E-state index < -0.39 is 0 Å². The average Bonchev–Trinajstić information content (AvgIpc) is 2.94. The molecule has 0 saturated carbocycles. The molecule has 0 radical (unpaired) electrons. The van der Waals surface area contributed by atoms with Crippen molar-refractivity contribution in [1.29, 1.82) is 0 Å². The number of anilines is 2. The standard InChI is InChI=1S/C19H21ClN4O/c1-12-9-14(20)10-13(2)18(12)22-19-15-6-8-24(11-17(25)23(3)4)16(15)5-7-21-19/h5-10H,11H2,1-4H3,(H,21,22). The number of aryl methyl sites for hydroxylation is 2. The number of benzene rings is 1. The molecule has 0 fully saturated rings. The normalized spacial score (nSPS) is 10.9. The minimum atomic E-state index is 0.0493. The summed E-state index contributed by atoms with van der Waals surface area (Å²) in [6.07, 6.45) is 3.67. The first-order valence-electron chi connectivity index (χ1n) is 8.04. The van der Waals surface area contributed by atoms with Gasteiger partial charge in [-0.05, 0) is 49.2 Å². The molecule has 25 heavy (non-hydrogen) atoms. The Bertz CT molecular complexity index is 923. The first-order chi connectivity index (χ1) is 11.9. The number of carbonyl (C=O) groups excluding carboxylic acids is 1. The van der Waals surface area contributed by atoms with E-state index in [2.05, 4.69) is 10.3 Å². The van der Waals surface area contributed by atoms with Crippen molar-refractivity contribution >= 4 is 39.9 Å². The molecule has 0 saturated heterocycles. The molecule has 1 amide bonds. The van der Waals surface area contributed by atoms with Crippen molar-refractivity contribution in [2.75, 3.05) is 19.4 Å². The molecular formula is C19H21ClN4O. The van der Waals surface area contributed by atoms with Crippen LogP contribution in [0.1, 0.15) is 11.1 Å². The number of halogens is 1. The molecular weight excluding hydrogens is 336 g/mol. The van der Waals surface area contributed by atoms with Gasteiger partial charge in [0, 0.05) is 42.6 Å². The molecule has 6 heteroatoms. The lowest BCUT2D eigenvalue weighted by molar-refractivity contribution is -0.129. The fourth-order valence-electron chi connectivity index (χ4n) is 2.87. The SMILES string of the molecule is Cc1cc(Cl)cc(C)c1Nc1nccc2c1ccn2CC(=O)N(C)C. The molecule has 3 rings (SSSR count). The van der Waals surface area contributed by atoms with Crippen LogP contribution in [0.5, 0.6) is 0 Å². The van der Waals surface area contributed by atoms with Crippen LogP contribution in [0, 0.1) is 13.8 Å². The Morgan fingerprint density at radius 1 is 1.24 bits per heavy atom. The predicted molar refractivity (Wildman–Crippen MR) is 103 cm³/mol. The minimum Gasteiger partial charge on any atom is -0.347 e. The highest BCUT2D eigenvalue weighted by atomic mass is 35.5. The molecule has 0 spiro atoms. The lowest BCUT2D eigenvalue weighted by Crippen LogP contribution is -2.25. The van der Waals surface area contributed by atoms with Gasteiger partial charge < -0.3 is 14.8 Å². The number of hydrogen-bond donors (Lipinski definition) is 1. The fraction of sp³-hybridized carbons (Fsp3) is 0.263. The number of aromatic nitrogens is 2. The molecule has 1 N–H and O–H groups in total. The summed E-state index contributed by atoms with van der Waals surface area (Å²) in [4.78, 5) is 18.1. The van der Waals surface area contributed by atoms with Crippen LogP contribution in [0.15, 0.2) is 36.7 Å². The van der Waals surface area contributed by atoms with Gasteiger partial charge in [-0.25, -0.2) is 4.98 Å². The highest BCUT2D eigenvalue weighted by Gasteiger charge is 2.12. The van der Waals surface area contributed by atoms with E-state index in [-0.39, 0.29) is 5.91 Å². The molecule has 0 aliphatic heterocycles. The van der Waals surface area contributed by atoms with E-state index in [4.69, 9.17) is 11.6 Å². The predicted octanol–water partition coefficient (Wildman–Crippen LogP) is 4.14. The van der Waals surface area contributed by atoms with Crippen LogP contribution >= 0.6 is 11.6 Å². The Morgan fingerprint density at radius 3 is 2.56 bits per heavy atom. The lowest BCUT2D eigenvalue weighted by Gasteiger charge is -2.14. The lowest BCUT2D eigenvalue weighted by atomic mass is 10.1. The molecule has 3 aromatic rings. The van der Waals surface area contributed by atoms with Gasteiger partial charge in [0.05, 0.1) is 5.52 Å². The molecule has 0 unspecified atom stereocenters. The van der Waals surface area contributed by atoms with Gasteiger partial charge in [0.2, 0.25) is 5.91 Å². The van der Waals surface area contributed by atoms with E-state index in [1.54, 1.807) is 25.2 Å². The monoisotopic (exact) mass is 356 g/mol. The van der Waals surface area contributed by atoms with Crippen LogP contribution in [-0.4, -0.2) is 34.5 Å². The van der Waals surface area contributed by atoms with E-state index in [0.29, 0.717) is 6.54 Å². The molecule has 2 heterocycles. The largest absolute Gasteiger partial charge is 0.347 e. The fourth-order valence-corrected chi connectivity index (χ4v) is 3.20. The van der Waals surface area contributed by atoms with Crippen LogP contribution in [0.25, 0.3) is 10.9 Å². The van der Waals surface area contributed by atoms with Crippen molar-refractivity contribution in [3.8, 4) is 0 Å². The molecule has 2 aromatic heterocycles. The van der Waals surface area contributed by atoms with Gasteiger partial charge in [-0.1, -0.05) is 11.6 Å². The summed E-state index contributed by atoms with van der Waals surface area (Å²) in [6, 6.07) is 7.76. The number of nitrogens with one attached hydrogen (secondary N) is 1. The molecule has 130 valence electrons. The van der Waals surface area contributed by atoms with Gasteiger partial charge in [-0.3, -0.25) is 4.79 Å². The second kappa shape index (κ2) is 6.76. The Kier molecular flexibility index (Phi) is 4.68. The van der Waals surface area contributed by atoms with Crippen molar-refractivity contribution in [3.05, 3.63) is 52.8 Å². The number of fused-ring (bicyclic) bond motifs is 1. The van der Waals surface area contributed by atoms with E-state index in [1.165, 1.54) is 0 Å². The van der Waals surface area contributed by atoms with E-state index >= 15 is 0 Å². The summed E-state index contributed by atoms with van der Waals surface area (Å²) in [6.45, 7) is 4.34. The first kappa shape index (κ1) is 17.3. The first-order valence-corrected chi connectivity index (χ1v) is 8.42. The second-order valence-electron chi connectivity index (χ2n) is 6.36. The average molecular weight is 357 g/mol. The Labute approximate surface area is 152 Å². The zero-order chi connectivity index (χ0) is 18.1. The molecule has 0 aliphatic carbocycles. The highest BCUT2D eigenvalue weighted by molar-refractivity contribution is 6.30. The second-order valence-corrected chi connectivity index (χ2v) is 6.80. The van der Waals surface area contributed by atoms with Crippen molar-refractivity contribution in [1.82, 2.24) is 14.5 Å². The third kappa shape index (κ3) is 3.46. The summed E-state index contributed by atoms with van der Waals surface area (Å²) in [5.74, 6) is 0.815. The number of likely N-dealkylation sites (N-methyl/N-ethyl adjacent to an activating group) is 1. The zero-order valence-electron chi connectivity index (χ0n) is 14.8. The molecule has 0 atom stereocenters. The third-order valence-electron chi connectivity index (χ3n) is 4.24. The van der Waals surface area contributed by atoms with Crippen molar-refractivity contribution < 1.29 is 4.79 Å². The number of amides is 1. The van der Waals surface area contributed by atoms with Gasteiger partial charge in [-0.15, -0.1) is 0 Å². The highest BCUT2D eigenvalue weighted by Crippen LogP contribution is 2.30. The van der Waals surface area contributed by atoms with Crippen LogP contribution in [0.2, 0.25) is 5.02 Å². The summed E-state index contributed by atoms with van der Waals surface area (Å²) in [5, 5.41) is 5.12. The van der Waals surface area contributed by atoms with E-state index in [1.807, 2.05) is 48.9 Å². The smallest absolute Gasteiger partial charge is 0.241 e. The van der Waals surface area contributed by atoms with Crippen LogP contribution in [0.4, 0.5) is 11.5 Å². The molecule has 1 aromatic carbocycles. The summed E-state index contributed by atoms with van der Waals surface area (Å²) >= 11 is 6.11. The van der Waals surface area contributed by atoms with Crippen molar-refractivity contribution in [3.63, 3.8) is 0 Å². The van der Waals surface area contributed by atoms with Gasteiger partial charge >= 0.3 is 0 Å². The van der Waals surface area contributed by atoms with Crippen LogP contribution in [-0.2, 0) is 11.3 Å². The number of carbonyl (C=O) groups is 1. The van der Waals surface area contributed by atoms with E-state index in [9.17, 15) is 4.79 Å². The van der Waals surface area contributed by atoms with Gasteiger partial charge in [0.1, 0.15) is 12.4 Å². The maximum absolute atomic E-state index is 12.0. The quantitative estimate of drug-likeness (QED) is 0.764.